The van der Waals surface area contributed by atoms with E-state index >= 15 is 0 Å². The molecule has 0 aliphatic rings. The third-order valence-electron chi connectivity index (χ3n) is 3.20. The molecule has 0 saturated carbocycles. The van der Waals surface area contributed by atoms with Gasteiger partial charge in [-0.25, -0.2) is 4.39 Å². The summed E-state index contributed by atoms with van der Waals surface area (Å²) in [5.74, 6) is 1.74. The maximum atomic E-state index is 12.9. The second-order valence-corrected chi connectivity index (χ2v) is 5.15. The molecule has 0 bridgehead atoms. The number of nitrogens with zero attached hydrogens (tertiary/aromatic N) is 1. The van der Waals surface area contributed by atoms with Crippen LogP contribution in [0.4, 0.5) is 4.39 Å². The van der Waals surface area contributed by atoms with Crippen molar-refractivity contribution in [3.63, 3.8) is 0 Å². The molecule has 0 radical (unpaired) electrons. The van der Waals surface area contributed by atoms with Crippen LogP contribution >= 0.6 is 0 Å². The quantitative estimate of drug-likeness (QED) is 0.879. The van der Waals surface area contributed by atoms with Crippen molar-refractivity contribution in [1.82, 2.24) is 10.2 Å². The SMILES string of the molecule is CNCc1oc(CN(C)Cc2ccc(F)cc2)cc1C. The highest BCUT2D eigenvalue weighted by Gasteiger charge is 2.09. The maximum absolute atomic E-state index is 12.9. The van der Waals surface area contributed by atoms with Crippen molar-refractivity contribution >= 4 is 0 Å². The van der Waals surface area contributed by atoms with Crippen LogP contribution in [0.15, 0.2) is 34.7 Å². The summed E-state index contributed by atoms with van der Waals surface area (Å²) in [6.07, 6.45) is 0. The summed E-state index contributed by atoms with van der Waals surface area (Å²) in [6, 6.07) is 8.68. The smallest absolute Gasteiger partial charge is 0.123 e. The minimum Gasteiger partial charge on any atom is -0.463 e. The van der Waals surface area contributed by atoms with Crippen molar-refractivity contribution in [3.8, 4) is 0 Å². The number of benzene rings is 1. The first-order valence-corrected chi connectivity index (χ1v) is 6.74. The Morgan fingerprint density at radius 3 is 2.55 bits per heavy atom. The molecule has 4 heteroatoms. The highest BCUT2D eigenvalue weighted by atomic mass is 19.1. The lowest BCUT2D eigenvalue weighted by Crippen LogP contribution is -2.16. The first-order valence-electron chi connectivity index (χ1n) is 6.74. The number of hydrogen-bond acceptors (Lipinski definition) is 3. The third-order valence-corrected chi connectivity index (χ3v) is 3.20. The van der Waals surface area contributed by atoms with Gasteiger partial charge in [0, 0.05) is 6.54 Å². The number of furan rings is 1. The zero-order valence-electron chi connectivity index (χ0n) is 12.2. The highest BCUT2D eigenvalue weighted by Crippen LogP contribution is 2.16. The number of nitrogens with one attached hydrogen (secondary N) is 1. The Balaban J connectivity index is 1.95. The Morgan fingerprint density at radius 1 is 1.20 bits per heavy atom. The monoisotopic (exact) mass is 276 g/mol. The van der Waals surface area contributed by atoms with Gasteiger partial charge in [-0.05, 0) is 50.3 Å². The Bertz CT molecular complexity index is 548. The molecule has 0 spiro atoms. The second-order valence-electron chi connectivity index (χ2n) is 5.15. The Kier molecular flexibility index (Phi) is 4.93. The summed E-state index contributed by atoms with van der Waals surface area (Å²) < 4.78 is 18.7. The van der Waals surface area contributed by atoms with Crippen molar-refractivity contribution in [2.45, 2.75) is 26.6 Å². The number of aryl methyl sites for hydroxylation is 1. The van der Waals surface area contributed by atoms with E-state index in [1.807, 2.05) is 26.2 Å². The first kappa shape index (κ1) is 14.8. The highest BCUT2D eigenvalue weighted by molar-refractivity contribution is 5.20. The van der Waals surface area contributed by atoms with Gasteiger partial charge >= 0.3 is 0 Å². The molecule has 0 unspecified atom stereocenters. The van der Waals surface area contributed by atoms with Crippen molar-refractivity contribution < 1.29 is 8.81 Å². The zero-order chi connectivity index (χ0) is 14.5. The second kappa shape index (κ2) is 6.68. The molecule has 0 fully saturated rings. The minimum absolute atomic E-state index is 0.199. The van der Waals surface area contributed by atoms with Gasteiger partial charge in [0.25, 0.3) is 0 Å². The summed E-state index contributed by atoms with van der Waals surface area (Å²) in [6.45, 7) is 4.30. The Labute approximate surface area is 119 Å². The van der Waals surface area contributed by atoms with E-state index in [0.717, 1.165) is 36.7 Å². The fourth-order valence-corrected chi connectivity index (χ4v) is 2.23. The number of hydrogen-bond donors (Lipinski definition) is 1. The molecule has 108 valence electrons. The van der Waals surface area contributed by atoms with Gasteiger partial charge in [0.2, 0.25) is 0 Å². The molecule has 2 rings (SSSR count). The molecule has 3 nitrogen and oxygen atoms in total. The average Bonchev–Trinajstić information content (AvgIpc) is 2.73. The van der Waals surface area contributed by atoms with Crippen LogP contribution in [0, 0.1) is 12.7 Å². The van der Waals surface area contributed by atoms with Gasteiger partial charge in [-0.1, -0.05) is 12.1 Å². The van der Waals surface area contributed by atoms with E-state index in [9.17, 15) is 4.39 Å². The molecular weight excluding hydrogens is 255 g/mol. The average molecular weight is 276 g/mol. The molecule has 1 aromatic carbocycles. The van der Waals surface area contributed by atoms with Gasteiger partial charge in [-0.15, -0.1) is 0 Å². The van der Waals surface area contributed by atoms with Crippen LogP contribution < -0.4 is 5.32 Å². The Morgan fingerprint density at radius 2 is 1.90 bits per heavy atom. The first-order chi connectivity index (χ1) is 9.58. The molecule has 1 aromatic heterocycles. The normalized spacial score (nSPS) is 11.2. The summed E-state index contributed by atoms with van der Waals surface area (Å²) in [4.78, 5) is 2.15. The van der Waals surface area contributed by atoms with E-state index in [1.54, 1.807) is 0 Å². The van der Waals surface area contributed by atoms with Crippen LogP contribution in [0.5, 0.6) is 0 Å². The molecule has 0 saturated heterocycles. The summed E-state index contributed by atoms with van der Waals surface area (Å²) >= 11 is 0. The predicted octanol–water partition coefficient (Wildman–Crippen LogP) is 3.08. The van der Waals surface area contributed by atoms with Crippen molar-refractivity contribution in [2.75, 3.05) is 14.1 Å². The lowest BCUT2D eigenvalue weighted by Gasteiger charge is -2.15. The lowest BCUT2D eigenvalue weighted by atomic mass is 10.2. The van der Waals surface area contributed by atoms with E-state index in [4.69, 9.17) is 4.42 Å². The zero-order valence-corrected chi connectivity index (χ0v) is 12.2. The van der Waals surface area contributed by atoms with Crippen molar-refractivity contribution in [2.24, 2.45) is 0 Å². The molecular formula is C16H21FN2O. The van der Waals surface area contributed by atoms with Gasteiger partial charge in [-0.2, -0.15) is 0 Å². The van der Waals surface area contributed by atoms with Crippen LogP contribution in [-0.4, -0.2) is 19.0 Å². The molecule has 1 N–H and O–H groups in total. The standard InChI is InChI=1S/C16H21FN2O/c1-12-8-15(20-16(12)9-18-2)11-19(3)10-13-4-6-14(17)7-5-13/h4-8,18H,9-11H2,1-3H3. The lowest BCUT2D eigenvalue weighted by molar-refractivity contribution is 0.283. The van der Waals surface area contributed by atoms with E-state index in [1.165, 1.54) is 17.7 Å². The van der Waals surface area contributed by atoms with E-state index < -0.39 is 0 Å². The van der Waals surface area contributed by atoms with Crippen LogP contribution in [-0.2, 0) is 19.6 Å². The third kappa shape index (κ3) is 3.92. The summed E-state index contributed by atoms with van der Waals surface area (Å²) in [5, 5.41) is 3.09. The Hall–Kier alpha value is -1.65. The van der Waals surface area contributed by atoms with E-state index in [-0.39, 0.29) is 5.82 Å². The van der Waals surface area contributed by atoms with Gasteiger partial charge in [0.05, 0.1) is 13.1 Å². The fraction of sp³-hybridized carbons (Fsp3) is 0.375. The molecule has 2 aromatic rings. The van der Waals surface area contributed by atoms with Gasteiger partial charge in [0.15, 0.2) is 0 Å². The van der Waals surface area contributed by atoms with Crippen LogP contribution in [0.1, 0.15) is 22.6 Å². The van der Waals surface area contributed by atoms with Gasteiger partial charge in [0.1, 0.15) is 17.3 Å². The van der Waals surface area contributed by atoms with E-state index in [2.05, 4.69) is 23.2 Å². The topological polar surface area (TPSA) is 28.4 Å². The molecule has 0 atom stereocenters. The molecule has 0 amide bonds. The molecule has 20 heavy (non-hydrogen) atoms. The molecule has 0 aliphatic carbocycles. The van der Waals surface area contributed by atoms with E-state index in [0.29, 0.717) is 0 Å². The summed E-state index contributed by atoms with van der Waals surface area (Å²) in [5.41, 5.74) is 2.26. The minimum atomic E-state index is -0.199. The van der Waals surface area contributed by atoms with Gasteiger partial charge in [-0.3, -0.25) is 4.90 Å². The molecule has 1 heterocycles. The summed E-state index contributed by atoms with van der Waals surface area (Å²) in [7, 11) is 3.93. The van der Waals surface area contributed by atoms with Crippen LogP contribution in [0.2, 0.25) is 0 Å². The molecule has 0 aliphatic heterocycles. The van der Waals surface area contributed by atoms with Crippen molar-refractivity contribution in [3.05, 3.63) is 58.8 Å². The van der Waals surface area contributed by atoms with Crippen LogP contribution in [0.3, 0.4) is 0 Å². The maximum Gasteiger partial charge on any atom is 0.123 e. The largest absolute Gasteiger partial charge is 0.463 e. The predicted molar refractivity (Wildman–Crippen MR) is 77.8 cm³/mol. The fourth-order valence-electron chi connectivity index (χ4n) is 2.23. The number of halogens is 1. The number of rotatable bonds is 6. The van der Waals surface area contributed by atoms with Crippen molar-refractivity contribution in [1.29, 1.82) is 0 Å². The van der Waals surface area contributed by atoms with Gasteiger partial charge < -0.3 is 9.73 Å². The van der Waals surface area contributed by atoms with Crippen LogP contribution in [0.25, 0.3) is 0 Å².